The van der Waals surface area contributed by atoms with Crippen molar-refractivity contribution in [1.29, 1.82) is 0 Å². The molecule has 0 spiro atoms. The van der Waals surface area contributed by atoms with Crippen molar-refractivity contribution in [3.63, 3.8) is 0 Å². The number of aliphatic hydroxyl groups excluding tert-OH is 1. The van der Waals surface area contributed by atoms with Crippen LogP contribution in [0.2, 0.25) is 0 Å². The van der Waals surface area contributed by atoms with Crippen molar-refractivity contribution >= 4 is 5.91 Å². The Kier molecular flexibility index (Phi) is 6.87. The molecule has 1 amide bonds. The van der Waals surface area contributed by atoms with Crippen LogP contribution in [0, 0.1) is 0 Å². The smallest absolute Gasteiger partial charge is 0.224 e. The molecule has 1 aromatic rings. The minimum absolute atomic E-state index is 0.0392. The number of carbonyl (C=O) groups is 1. The topological polar surface area (TPSA) is 67.8 Å². The van der Waals surface area contributed by atoms with E-state index in [-0.39, 0.29) is 18.6 Å². The van der Waals surface area contributed by atoms with Crippen molar-refractivity contribution < 1.29 is 19.4 Å². The number of hydrogen-bond acceptors (Lipinski definition) is 4. The van der Waals surface area contributed by atoms with Crippen LogP contribution in [0.5, 0.6) is 11.5 Å². The largest absolute Gasteiger partial charge is 0.493 e. The number of ether oxygens (including phenoxy) is 2. The Morgan fingerprint density at radius 2 is 2.00 bits per heavy atom. The molecule has 0 aromatic heterocycles. The Bertz CT molecular complexity index is 434. The third-order valence-electron chi connectivity index (χ3n) is 3.02. The fourth-order valence-corrected chi connectivity index (χ4v) is 1.97. The minimum atomic E-state index is -0.0392. The van der Waals surface area contributed by atoms with Crippen molar-refractivity contribution in [2.75, 3.05) is 20.8 Å². The van der Waals surface area contributed by atoms with E-state index in [0.29, 0.717) is 24.3 Å². The number of aliphatic hydroxyl groups is 1. The summed E-state index contributed by atoms with van der Waals surface area (Å²) in [6, 6.07) is 5.50. The summed E-state index contributed by atoms with van der Waals surface area (Å²) in [6.45, 7) is 2.08. The Hall–Kier alpha value is -1.75. The SMILES string of the molecule is COc1ccc(CC(=O)NC(C)CCCO)cc1OC. The highest BCUT2D eigenvalue weighted by Crippen LogP contribution is 2.27. The second-order valence-electron chi connectivity index (χ2n) is 4.70. The van der Waals surface area contributed by atoms with Crippen LogP contribution in [-0.2, 0) is 11.2 Å². The second-order valence-corrected chi connectivity index (χ2v) is 4.70. The minimum Gasteiger partial charge on any atom is -0.493 e. The van der Waals surface area contributed by atoms with Gasteiger partial charge in [0.15, 0.2) is 11.5 Å². The molecule has 0 heterocycles. The lowest BCUT2D eigenvalue weighted by molar-refractivity contribution is -0.121. The maximum atomic E-state index is 11.9. The molecule has 5 nitrogen and oxygen atoms in total. The number of amides is 1. The molecular weight excluding hydrogens is 258 g/mol. The van der Waals surface area contributed by atoms with Gasteiger partial charge in [0, 0.05) is 12.6 Å². The van der Waals surface area contributed by atoms with Gasteiger partial charge in [0.05, 0.1) is 20.6 Å². The molecule has 1 atom stereocenters. The highest BCUT2D eigenvalue weighted by Gasteiger charge is 2.10. The molecule has 0 fully saturated rings. The summed E-state index contributed by atoms with van der Waals surface area (Å²) in [5.74, 6) is 1.22. The fourth-order valence-electron chi connectivity index (χ4n) is 1.97. The van der Waals surface area contributed by atoms with E-state index in [0.717, 1.165) is 12.0 Å². The predicted molar refractivity (Wildman–Crippen MR) is 77.2 cm³/mol. The maximum absolute atomic E-state index is 11.9. The first kappa shape index (κ1) is 16.3. The monoisotopic (exact) mass is 281 g/mol. The molecule has 2 N–H and O–H groups in total. The molecule has 0 saturated heterocycles. The van der Waals surface area contributed by atoms with E-state index in [1.54, 1.807) is 26.4 Å². The summed E-state index contributed by atoms with van der Waals surface area (Å²) < 4.78 is 10.4. The van der Waals surface area contributed by atoms with Gasteiger partial charge in [-0.3, -0.25) is 4.79 Å². The number of rotatable bonds is 8. The molecule has 0 saturated carbocycles. The molecule has 5 heteroatoms. The van der Waals surface area contributed by atoms with Crippen LogP contribution in [0.15, 0.2) is 18.2 Å². The molecule has 1 unspecified atom stereocenters. The summed E-state index contributed by atoms with van der Waals surface area (Å²) in [5.41, 5.74) is 0.870. The van der Waals surface area contributed by atoms with Crippen molar-refractivity contribution in [1.82, 2.24) is 5.32 Å². The summed E-state index contributed by atoms with van der Waals surface area (Å²) in [4.78, 5) is 11.9. The zero-order valence-electron chi connectivity index (χ0n) is 12.3. The Morgan fingerprint density at radius 1 is 1.30 bits per heavy atom. The molecule has 112 valence electrons. The number of methoxy groups -OCH3 is 2. The van der Waals surface area contributed by atoms with E-state index in [1.165, 1.54) is 0 Å². The summed E-state index contributed by atoms with van der Waals surface area (Å²) in [7, 11) is 3.14. The lowest BCUT2D eigenvalue weighted by Gasteiger charge is -2.14. The van der Waals surface area contributed by atoms with Gasteiger partial charge < -0.3 is 19.9 Å². The van der Waals surface area contributed by atoms with E-state index in [9.17, 15) is 4.79 Å². The molecular formula is C15H23NO4. The first-order valence-corrected chi connectivity index (χ1v) is 6.71. The van der Waals surface area contributed by atoms with Gasteiger partial charge in [-0.25, -0.2) is 0 Å². The molecule has 0 radical (unpaired) electrons. The van der Waals surface area contributed by atoms with Crippen molar-refractivity contribution in [3.8, 4) is 11.5 Å². The summed E-state index contributed by atoms with van der Waals surface area (Å²) in [5, 5.41) is 11.7. The average Bonchev–Trinajstić information content (AvgIpc) is 2.44. The van der Waals surface area contributed by atoms with Gasteiger partial charge >= 0.3 is 0 Å². The normalized spacial score (nSPS) is 11.8. The third kappa shape index (κ3) is 5.09. The van der Waals surface area contributed by atoms with E-state index >= 15 is 0 Å². The number of benzene rings is 1. The van der Waals surface area contributed by atoms with Crippen molar-refractivity contribution in [2.45, 2.75) is 32.2 Å². The Labute approximate surface area is 119 Å². The van der Waals surface area contributed by atoms with Crippen LogP contribution in [0.25, 0.3) is 0 Å². The van der Waals surface area contributed by atoms with Gasteiger partial charge in [0.25, 0.3) is 0 Å². The molecule has 20 heavy (non-hydrogen) atoms. The van der Waals surface area contributed by atoms with Crippen molar-refractivity contribution in [3.05, 3.63) is 23.8 Å². The van der Waals surface area contributed by atoms with Crippen LogP contribution in [0.1, 0.15) is 25.3 Å². The highest BCUT2D eigenvalue weighted by molar-refractivity contribution is 5.79. The molecule has 1 rings (SSSR count). The number of nitrogens with one attached hydrogen (secondary N) is 1. The van der Waals surface area contributed by atoms with Crippen molar-refractivity contribution in [2.24, 2.45) is 0 Å². The highest BCUT2D eigenvalue weighted by atomic mass is 16.5. The molecule has 1 aromatic carbocycles. The van der Waals surface area contributed by atoms with Crippen LogP contribution in [0.4, 0.5) is 0 Å². The van der Waals surface area contributed by atoms with Crippen LogP contribution in [0.3, 0.4) is 0 Å². The molecule has 0 aliphatic heterocycles. The summed E-state index contributed by atoms with van der Waals surface area (Å²) >= 11 is 0. The van der Waals surface area contributed by atoms with Gasteiger partial charge in [0.1, 0.15) is 0 Å². The number of carbonyl (C=O) groups excluding carboxylic acids is 1. The maximum Gasteiger partial charge on any atom is 0.224 e. The third-order valence-corrected chi connectivity index (χ3v) is 3.02. The van der Waals surface area contributed by atoms with E-state index in [2.05, 4.69) is 5.32 Å². The Balaban J connectivity index is 2.57. The van der Waals surface area contributed by atoms with Gasteiger partial charge in [-0.1, -0.05) is 6.07 Å². The molecule has 0 aliphatic carbocycles. The van der Waals surface area contributed by atoms with E-state index < -0.39 is 0 Å². The predicted octanol–water partition coefficient (Wildman–Crippen LogP) is 1.52. The van der Waals surface area contributed by atoms with Crippen LogP contribution >= 0.6 is 0 Å². The van der Waals surface area contributed by atoms with Gasteiger partial charge in [-0.2, -0.15) is 0 Å². The molecule has 0 aliphatic rings. The fraction of sp³-hybridized carbons (Fsp3) is 0.533. The lowest BCUT2D eigenvalue weighted by atomic mass is 10.1. The van der Waals surface area contributed by atoms with Crippen LogP contribution in [-0.4, -0.2) is 37.9 Å². The quantitative estimate of drug-likeness (QED) is 0.758. The zero-order chi connectivity index (χ0) is 15.0. The average molecular weight is 281 g/mol. The zero-order valence-corrected chi connectivity index (χ0v) is 12.3. The van der Waals surface area contributed by atoms with Gasteiger partial charge in [-0.05, 0) is 37.5 Å². The van der Waals surface area contributed by atoms with E-state index in [4.69, 9.17) is 14.6 Å². The number of hydrogen-bond donors (Lipinski definition) is 2. The van der Waals surface area contributed by atoms with Gasteiger partial charge in [-0.15, -0.1) is 0 Å². The first-order valence-electron chi connectivity index (χ1n) is 6.71. The Morgan fingerprint density at radius 3 is 2.60 bits per heavy atom. The summed E-state index contributed by atoms with van der Waals surface area (Å²) in [6.07, 6.45) is 1.76. The van der Waals surface area contributed by atoms with Crippen LogP contribution < -0.4 is 14.8 Å². The second kappa shape index (κ2) is 8.43. The van der Waals surface area contributed by atoms with Gasteiger partial charge in [0.2, 0.25) is 5.91 Å². The lowest BCUT2D eigenvalue weighted by Crippen LogP contribution is -2.33. The standard InChI is InChI=1S/C15H23NO4/c1-11(5-4-8-17)16-15(18)10-12-6-7-13(19-2)14(9-12)20-3/h6-7,9,11,17H,4-5,8,10H2,1-3H3,(H,16,18). The molecule has 0 bridgehead atoms. The van der Waals surface area contributed by atoms with E-state index in [1.807, 2.05) is 13.0 Å². The first-order chi connectivity index (χ1) is 9.60.